The maximum absolute atomic E-state index is 3.71. The van der Waals surface area contributed by atoms with Gasteiger partial charge < -0.3 is 5.32 Å². The van der Waals surface area contributed by atoms with Gasteiger partial charge in [-0.25, -0.2) is 0 Å². The summed E-state index contributed by atoms with van der Waals surface area (Å²) < 4.78 is 0. The van der Waals surface area contributed by atoms with Crippen LogP contribution in [0.2, 0.25) is 0 Å². The van der Waals surface area contributed by atoms with Crippen LogP contribution < -0.4 is 5.32 Å². The summed E-state index contributed by atoms with van der Waals surface area (Å²) in [6, 6.07) is 0. The summed E-state index contributed by atoms with van der Waals surface area (Å²) in [6.07, 6.45) is 14.6. The Morgan fingerprint density at radius 2 is 1.67 bits per heavy atom. The molecule has 2 unspecified atom stereocenters. The van der Waals surface area contributed by atoms with Gasteiger partial charge in [-0.2, -0.15) is 0 Å². The van der Waals surface area contributed by atoms with Crippen molar-refractivity contribution in [3.63, 3.8) is 0 Å². The highest BCUT2D eigenvalue weighted by Crippen LogP contribution is 2.61. The molecule has 0 heterocycles. The van der Waals surface area contributed by atoms with Crippen LogP contribution >= 0.6 is 0 Å². The fourth-order valence-corrected chi connectivity index (χ4v) is 4.08. The van der Waals surface area contributed by atoms with Crippen molar-refractivity contribution in [2.75, 3.05) is 13.1 Å². The highest BCUT2D eigenvalue weighted by Gasteiger charge is 2.52. The Labute approximate surface area is 114 Å². The van der Waals surface area contributed by atoms with Crippen LogP contribution in [0.1, 0.15) is 78.1 Å². The summed E-state index contributed by atoms with van der Waals surface area (Å²) in [5, 5.41) is 3.71. The molecule has 1 heteroatoms. The van der Waals surface area contributed by atoms with Crippen molar-refractivity contribution in [1.82, 2.24) is 5.32 Å². The molecule has 0 aromatic heterocycles. The van der Waals surface area contributed by atoms with Crippen LogP contribution in [0.5, 0.6) is 0 Å². The fourth-order valence-electron chi connectivity index (χ4n) is 4.08. The Balaban J connectivity index is 1.68. The first-order valence-corrected chi connectivity index (χ1v) is 8.50. The molecule has 2 aliphatic carbocycles. The van der Waals surface area contributed by atoms with Gasteiger partial charge in [-0.3, -0.25) is 0 Å². The molecule has 0 aromatic carbocycles. The molecule has 1 nitrogen and oxygen atoms in total. The van der Waals surface area contributed by atoms with Gasteiger partial charge in [0.05, 0.1) is 0 Å². The van der Waals surface area contributed by atoms with E-state index in [1.54, 1.807) is 19.3 Å². The largest absolute Gasteiger partial charge is 0.316 e. The minimum absolute atomic E-state index is 0.703. The lowest BCUT2D eigenvalue weighted by Crippen LogP contribution is -2.33. The van der Waals surface area contributed by atoms with Crippen molar-refractivity contribution in [3.05, 3.63) is 0 Å². The molecule has 2 fully saturated rings. The van der Waals surface area contributed by atoms with E-state index in [0.717, 1.165) is 11.8 Å². The summed E-state index contributed by atoms with van der Waals surface area (Å²) in [5.74, 6) is 2.26. The van der Waals surface area contributed by atoms with Gasteiger partial charge in [0.2, 0.25) is 0 Å². The second kappa shape index (κ2) is 6.93. The summed E-state index contributed by atoms with van der Waals surface area (Å²) in [5.41, 5.74) is 0.703. The average Bonchev–Trinajstić information content (AvgIpc) is 2.98. The topological polar surface area (TPSA) is 12.0 Å². The third kappa shape index (κ3) is 3.98. The third-order valence-corrected chi connectivity index (χ3v) is 5.20. The number of rotatable bonds is 10. The molecule has 0 bridgehead atoms. The van der Waals surface area contributed by atoms with E-state index in [0.29, 0.717) is 5.41 Å². The van der Waals surface area contributed by atoms with E-state index < -0.39 is 0 Å². The average molecular weight is 251 g/mol. The molecular formula is C17H33N. The second-order valence-electron chi connectivity index (χ2n) is 7.01. The van der Waals surface area contributed by atoms with Gasteiger partial charge in [0.15, 0.2) is 0 Å². The minimum Gasteiger partial charge on any atom is -0.316 e. The molecule has 106 valence electrons. The van der Waals surface area contributed by atoms with Crippen molar-refractivity contribution in [3.8, 4) is 0 Å². The van der Waals surface area contributed by atoms with Crippen molar-refractivity contribution in [2.45, 2.75) is 78.1 Å². The molecule has 2 saturated carbocycles. The summed E-state index contributed by atoms with van der Waals surface area (Å²) in [6.45, 7) is 7.10. The van der Waals surface area contributed by atoms with Crippen molar-refractivity contribution < 1.29 is 0 Å². The smallest absolute Gasteiger partial charge is 0.000801 e. The number of hydrogen-bond acceptors (Lipinski definition) is 1. The summed E-state index contributed by atoms with van der Waals surface area (Å²) in [4.78, 5) is 0. The number of nitrogens with one attached hydrogen (secondary N) is 1. The van der Waals surface area contributed by atoms with E-state index >= 15 is 0 Å². The molecule has 2 aliphatic rings. The van der Waals surface area contributed by atoms with Crippen molar-refractivity contribution in [1.29, 1.82) is 0 Å². The third-order valence-electron chi connectivity index (χ3n) is 5.20. The van der Waals surface area contributed by atoms with Gasteiger partial charge in [-0.1, -0.05) is 46.0 Å². The maximum Gasteiger partial charge on any atom is 0.000801 e. The van der Waals surface area contributed by atoms with E-state index in [1.165, 1.54) is 58.0 Å². The molecule has 0 spiro atoms. The lowest BCUT2D eigenvalue weighted by Gasteiger charge is -2.31. The van der Waals surface area contributed by atoms with Gasteiger partial charge in [-0.15, -0.1) is 0 Å². The SMILES string of the molecule is CCCCCCCC1(CNCCC)CC2CC2C1. The standard InChI is InChI=1S/C17H33N/c1-3-5-6-7-8-9-17(14-18-10-4-2)12-15-11-16(15)13-17/h15-16,18H,3-14H2,1-2H3. The second-order valence-corrected chi connectivity index (χ2v) is 7.01. The van der Waals surface area contributed by atoms with E-state index in [9.17, 15) is 0 Å². The lowest BCUT2D eigenvalue weighted by atomic mass is 9.78. The Morgan fingerprint density at radius 3 is 2.33 bits per heavy atom. The van der Waals surface area contributed by atoms with Crippen LogP contribution in [0.25, 0.3) is 0 Å². The summed E-state index contributed by atoms with van der Waals surface area (Å²) in [7, 11) is 0. The van der Waals surface area contributed by atoms with E-state index in [4.69, 9.17) is 0 Å². The number of fused-ring (bicyclic) bond motifs is 1. The summed E-state index contributed by atoms with van der Waals surface area (Å²) >= 11 is 0. The van der Waals surface area contributed by atoms with Crippen LogP contribution in [0, 0.1) is 17.3 Å². The minimum atomic E-state index is 0.703. The lowest BCUT2D eigenvalue weighted by molar-refractivity contribution is 0.222. The quantitative estimate of drug-likeness (QED) is 0.552. The van der Waals surface area contributed by atoms with E-state index in [2.05, 4.69) is 19.2 Å². The van der Waals surface area contributed by atoms with Crippen LogP contribution in [0.3, 0.4) is 0 Å². The Morgan fingerprint density at radius 1 is 0.944 bits per heavy atom. The van der Waals surface area contributed by atoms with Crippen LogP contribution in [0.15, 0.2) is 0 Å². The molecule has 0 radical (unpaired) electrons. The Hall–Kier alpha value is -0.0400. The first-order valence-electron chi connectivity index (χ1n) is 8.50. The van der Waals surface area contributed by atoms with Gasteiger partial charge >= 0.3 is 0 Å². The molecule has 0 saturated heterocycles. The first-order chi connectivity index (χ1) is 8.79. The van der Waals surface area contributed by atoms with Crippen molar-refractivity contribution in [2.24, 2.45) is 17.3 Å². The Bertz CT molecular complexity index is 226. The molecule has 18 heavy (non-hydrogen) atoms. The van der Waals surface area contributed by atoms with Crippen LogP contribution in [-0.4, -0.2) is 13.1 Å². The first kappa shape index (κ1) is 14.4. The van der Waals surface area contributed by atoms with Gasteiger partial charge in [0.25, 0.3) is 0 Å². The molecule has 2 rings (SSSR count). The van der Waals surface area contributed by atoms with Crippen LogP contribution in [-0.2, 0) is 0 Å². The van der Waals surface area contributed by atoms with E-state index in [1.807, 2.05) is 0 Å². The molecule has 1 N–H and O–H groups in total. The zero-order valence-electron chi connectivity index (χ0n) is 12.6. The van der Waals surface area contributed by atoms with Gasteiger partial charge in [0.1, 0.15) is 0 Å². The predicted molar refractivity (Wildman–Crippen MR) is 79.8 cm³/mol. The van der Waals surface area contributed by atoms with Gasteiger partial charge in [0, 0.05) is 6.54 Å². The highest BCUT2D eigenvalue weighted by molar-refractivity contribution is 5.03. The van der Waals surface area contributed by atoms with E-state index in [-0.39, 0.29) is 0 Å². The predicted octanol–water partition coefficient (Wildman–Crippen LogP) is 4.76. The van der Waals surface area contributed by atoms with Crippen molar-refractivity contribution >= 4 is 0 Å². The molecule has 0 aliphatic heterocycles. The fraction of sp³-hybridized carbons (Fsp3) is 1.00. The monoisotopic (exact) mass is 251 g/mol. The molecule has 0 amide bonds. The van der Waals surface area contributed by atoms with Crippen LogP contribution in [0.4, 0.5) is 0 Å². The maximum atomic E-state index is 3.71. The zero-order chi connectivity index (χ0) is 12.8. The number of hydrogen-bond donors (Lipinski definition) is 1. The number of unbranched alkanes of at least 4 members (excludes halogenated alkanes) is 4. The molecule has 2 atom stereocenters. The van der Waals surface area contributed by atoms with Gasteiger partial charge in [-0.05, 0) is 55.9 Å². The highest BCUT2D eigenvalue weighted by atomic mass is 14.9. The molecular weight excluding hydrogens is 218 g/mol. The zero-order valence-corrected chi connectivity index (χ0v) is 12.6. The normalized spacial score (nSPS) is 33.7. The molecule has 0 aromatic rings. The Kier molecular flexibility index (Phi) is 5.54.